The van der Waals surface area contributed by atoms with Crippen LogP contribution in [0.4, 0.5) is 0 Å². The molecule has 2 saturated heterocycles. The summed E-state index contributed by atoms with van der Waals surface area (Å²) in [5, 5.41) is 23.1. The number of amides is 2. The van der Waals surface area contributed by atoms with E-state index in [2.05, 4.69) is 5.32 Å². The molecule has 158 valence electrons. The van der Waals surface area contributed by atoms with Gasteiger partial charge in [0.2, 0.25) is 11.8 Å². The lowest BCUT2D eigenvalue weighted by Gasteiger charge is -2.46. The topological polar surface area (TPSA) is 110 Å². The van der Waals surface area contributed by atoms with Crippen molar-refractivity contribution in [1.29, 1.82) is 0 Å². The third kappa shape index (κ3) is 3.39. The molecule has 4 heterocycles. The van der Waals surface area contributed by atoms with Crippen LogP contribution in [0.5, 0.6) is 0 Å². The minimum atomic E-state index is -1.10. The van der Waals surface area contributed by atoms with Crippen LogP contribution in [0.2, 0.25) is 0 Å². The molecule has 0 aliphatic carbocycles. The summed E-state index contributed by atoms with van der Waals surface area (Å²) in [7, 11) is 0. The van der Waals surface area contributed by atoms with Crippen LogP contribution in [0.1, 0.15) is 26.7 Å². The number of hydrogen-bond acceptors (Lipinski definition) is 6. The average Bonchev–Trinajstić information content (AvgIpc) is 3.28. The van der Waals surface area contributed by atoms with Crippen LogP contribution in [-0.2, 0) is 14.4 Å². The molecule has 0 radical (unpaired) electrons. The molecule has 2 amide bonds. The monoisotopic (exact) mass is 421 g/mol. The van der Waals surface area contributed by atoms with Crippen molar-refractivity contribution in [3.8, 4) is 0 Å². The van der Waals surface area contributed by atoms with Gasteiger partial charge < -0.3 is 25.3 Å². The van der Waals surface area contributed by atoms with Crippen molar-refractivity contribution in [2.24, 2.45) is 11.8 Å². The number of aliphatic carboxylic acids is 1. The SMILES string of the molecule is C[C@@H](O)C1C(=O)N2C(C(=O)O)=C(SC3CCC(C(=O)N4CC=CC4)NC3)[C@H](C)C12. The summed E-state index contributed by atoms with van der Waals surface area (Å²) >= 11 is 1.51. The Bertz CT molecular complexity index is 779. The number of β-lactam (4-membered cyclic amide) rings is 1. The van der Waals surface area contributed by atoms with Crippen molar-refractivity contribution in [2.75, 3.05) is 19.6 Å². The van der Waals surface area contributed by atoms with Crippen molar-refractivity contribution in [3.05, 3.63) is 22.8 Å². The molecule has 0 aromatic carbocycles. The van der Waals surface area contributed by atoms with E-state index in [0.29, 0.717) is 31.0 Å². The Kier molecular flexibility index (Phi) is 5.48. The Hall–Kier alpha value is -1.84. The van der Waals surface area contributed by atoms with E-state index in [1.165, 1.54) is 16.7 Å². The first kappa shape index (κ1) is 20.4. The number of piperidine rings is 1. The van der Waals surface area contributed by atoms with Gasteiger partial charge in [0.1, 0.15) is 5.70 Å². The van der Waals surface area contributed by atoms with E-state index in [9.17, 15) is 24.6 Å². The van der Waals surface area contributed by atoms with Gasteiger partial charge in [-0.1, -0.05) is 19.1 Å². The Balaban J connectivity index is 1.42. The average molecular weight is 422 g/mol. The molecular weight excluding hydrogens is 394 g/mol. The van der Waals surface area contributed by atoms with E-state index in [4.69, 9.17) is 0 Å². The summed E-state index contributed by atoms with van der Waals surface area (Å²) < 4.78 is 0. The molecular formula is C20H27N3O5S. The lowest BCUT2D eigenvalue weighted by molar-refractivity contribution is -0.163. The maximum Gasteiger partial charge on any atom is 0.353 e. The molecule has 4 rings (SSSR count). The van der Waals surface area contributed by atoms with Gasteiger partial charge in [-0.3, -0.25) is 9.59 Å². The Morgan fingerprint density at radius 1 is 1.28 bits per heavy atom. The number of hydrogen-bond donors (Lipinski definition) is 3. The fourth-order valence-electron chi connectivity index (χ4n) is 4.88. The molecule has 6 atom stereocenters. The lowest BCUT2D eigenvalue weighted by Crippen LogP contribution is -2.63. The smallest absolute Gasteiger partial charge is 0.353 e. The summed E-state index contributed by atoms with van der Waals surface area (Å²) in [6.45, 7) is 5.45. The predicted molar refractivity (Wildman–Crippen MR) is 108 cm³/mol. The number of aliphatic hydroxyl groups excluding tert-OH is 1. The number of rotatable bonds is 5. The first-order valence-electron chi connectivity index (χ1n) is 10.1. The van der Waals surface area contributed by atoms with Gasteiger partial charge in [-0.25, -0.2) is 4.79 Å². The number of fused-ring (bicyclic) bond motifs is 1. The number of nitrogens with zero attached hydrogens (tertiary/aromatic N) is 2. The maximum atomic E-state index is 12.5. The zero-order chi connectivity index (χ0) is 20.9. The van der Waals surface area contributed by atoms with Crippen LogP contribution in [0.3, 0.4) is 0 Å². The van der Waals surface area contributed by atoms with Crippen LogP contribution in [0.25, 0.3) is 0 Å². The fraction of sp³-hybridized carbons (Fsp3) is 0.650. The van der Waals surface area contributed by atoms with Gasteiger partial charge in [0.05, 0.1) is 24.1 Å². The van der Waals surface area contributed by atoms with E-state index < -0.39 is 18.0 Å². The van der Waals surface area contributed by atoms with Crippen LogP contribution in [0, 0.1) is 11.8 Å². The predicted octanol–water partition coefficient (Wildman–Crippen LogP) is 0.392. The zero-order valence-electron chi connectivity index (χ0n) is 16.6. The minimum Gasteiger partial charge on any atom is -0.477 e. The second kappa shape index (κ2) is 7.77. The van der Waals surface area contributed by atoms with Gasteiger partial charge in [-0.05, 0) is 19.8 Å². The standard InChI is InChI=1S/C20H27N3O5S/c1-10-15-14(11(2)24)19(26)23(15)16(20(27)28)17(10)29-12-5-6-13(21-9-12)18(25)22-7-3-4-8-22/h3-4,10-15,21,24H,5-9H2,1-2H3,(H,27,28)/t10-,11-,12?,13?,14?,15?/m1/s1. The molecule has 3 N–H and O–H groups in total. The minimum absolute atomic E-state index is 0.0655. The van der Waals surface area contributed by atoms with Gasteiger partial charge in [0.25, 0.3) is 0 Å². The highest BCUT2D eigenvalue weighted by Gasteiger charge is 2.60. The number of carboxylic acid groups (broad SMARTS) is 1. The van der Waals surface area contributed by atoms with Gasteiger partial charge >= 0.3 is 5.97 Å². The van der Waals surface area contributed by atoms with Crippen LogP contribution in [0.15, 0.2) is 22.8 Å². The molecule has 0 spiro atoms. The Morgan fingerprint density at radius 3 is 2.52 bits per heavy atom. The van der Waals surface area contributed by atoms with Gasteiger partial charge in [-0.2, -0.15) is 0 Å². The molecule has 9 heteroatoms. The molecule has 0 bridgehead atoms. The largest absolute Gasteiger partial charge is 0.477 e. The zero-order valence-corrected chi connectivity index (χ0v) is 17.4. The maximum absolute atomic E-state index is 12.5. The number of carboxylic acids is 1. The molecule has 0 saturated carbocycles. The Labute approximate surface area is 174 Å². The van der Waals surface area contributed by atoms with Gasteiger partial charge in [0, 0.05) is 35.7 Å². The first-order chi connectivity index (χ1) is 13.8. The molecule has 0 aromatic heterocycles. The van der Waals surface area contributed by atoms with E-state index in [-0.39, 0.29) is 40.8 Å². The van der Waals surface area contributed by atoms with Crippen LogP contribution in [-0.4, -0.2) is 80.9 Å². The van der Waals surface area contributed by atoms with E-state index in [0.717, 1.165) is 6.42 Å². The quantitative estimate of drug-likeness (QED) is 0.435. The summed E-state index contributed by atoms with van der Waals surface area (Å²) in [5.74, 6) is -1.96. The highest BCUT2D eigenvalue weighted by Crippen LogP contribution is 2.51. The molecule has 4 aliphatic rings. The summed E-state index contributed by atoms with van der Waals surface area (Å²) in [6.07, 6.45) is 4.70. The molecule has 2 fully saturated rings. The van der Waals surface area contributed by atoms with Crippen molar-refractivity contribution in [1.82, 2.24) is 15.1 Å². The first-order valence-corrected chi connectivity index (χ1v) is 11.0. The van der Waals surface area contributed by atoms with Gasteiger partial charge in [0.15, 0.2) is 0 Å². The normalized spacial score (nSPS) is 35.0. The summed E-state index contributed by atoms with van der Waals surface area (Å²) in [6, 6.07) is -0.480. The van der Waals surface area contributed by atoms with E-state index >= 15 is 0 Å². The van der Waals surface area contributed by atoms with Crippen molar-refractivity contribution in [2.45, 2.75) is 50.1 Å². The van der Waals surface area contributed by atoms with Gasteiger partial charge in [-0.15, -0.1) is 11.8 Å². The molecule has 29 heavy (non-hydrogen) atoms. The lowest BCUT2D eigenvalue weighted by atomic mass is 9.79. The number of thioether (sulfide) groups is 1. The summed E-state index contributed by atoms with van der Waals surface area (Å²) in [4.78, 5) is 40.7. The van der Waals surface area contributed by atoms with E-state index in [1.807, 2.05) is 24.0 Å². The third-order valence-corrected chi connectivity index (χ3v) is 7.96. The summed E-state index contributed by atoms with van der Waals surface area (Å²) in [5.41, 5.74) is 0.0655. The number of aliphatic hydroxyl groups is 1. The third-order valence-electron chi connectivity index (χ3n) is 6.40. The number of carbonyl (C=O) groups is 3. The second-order valence-electron chi connectivity index (χ2n) is 8.26. The van der Waals surface area contributed by atoms with Crippen molar-refractivity contribution < 1.29 is 24.6 Å². The van der Waals surface area contributed by atoms with Crippen molar-refractivity contribution >= 4 is 29.5 Å². The van der Waals surface area contributed by atoms with Crippen LogP contribution < -0.4 is 5.32 Å². The van der Waals surface area contributed by atoms with E-state index in [1.54, 1.807) is 6.92 Å². The number of nitrogens with one attached hydrogen (secondary N) is 1. The van der Waals surface area contributed by atoms with Crippen molar-refractivity contribution in [3.63, 3.8) is 0 Å². The van der Waals surface area contributed by atoms with Crippen LogP contribution >= 0.6 is 11.8 Å². The Morgan fingerprint density at radius 2 is 1.97 bits per heavy atom. The molecule has 0 aromatic rings. The molecule has 4 unspecified atom stereocenters. The molecule has 4 aliphatic heterocycles. The highest BCUT2D eigenvalue weighted by atomic mass is 32.2. The fourth-order valence-corrected chi connectivity index (χ4v) is 6.32. The highest BCUT2D eigenvalue weighted by molar-refractivity contribution is 8.03. The molecule has 8 nitrogen and oxygen atoms in total. The second-order valence-corrected chi connectivity index (χ2v) is 9.61. The number of carbonyl (C=O) groups excluding carboxylic acids is 2.